The average Bonchev–Trinajstić information content (AvgIpc) is 3.53. The summed E-state index contributed by atoms with van der Waals surface area (Å²) in [7, 11) is 1.72. The quantitative estimate of drug-likeness (QED) is 0.376. The van der Waals surface area contributed by atoms with Crippen LogP contribution in [0.4, 0.5) is 0 Å². The number of hydrogen-bond donors (Lipinski definition) is 0. The molecule has 0 N–H and O–H groups in total. The van der Waals surface area contributed by atoms with Gasteiger partial charge in [0, 0.05) is 37.2 Å². The average molecular weight is 487 g/mol. The summed E-state index contributed by atoms with van der Waals surface area (Å²) in [5.41, 5.74) is 2.08. The number of furan rings is 1. The lowest BCUT2D eigenvalue weighted by Gasteiger charge is -2.37. The molecule has 5 nitrogen and oxygen atoms in total. The molecule has 1 saturated carbocycles. The molecule has 5 heteroatoms. The minimum absolute atomic E-state index is 0.173. The van der Waals surface area contributed by atoms with E-state index >= 15 is 0 Å². The summed E-state index contributed by atoms with van der Waals surface area (Å²) in [6.45, 7) is 5.43. The Morgan fingerprint density at radius 3 is 2.53 bits per heavy atom. The Bertz CT molecular complexity index is 1140. The zero-order chi connectivity index (χ0) is 24.9. The van der Waals surface area contributed by atoms with Gasteiger partial charge in [-0.25, -0.2) is 0 Å². The fourth-order valence-electron chi connectivity index (χ4n) is 6.10. The van der Waals surface area contributed by atoms with E-state index in [1.807, 2.05) is 49.4 Å². The van der Waals surface area contributed by atoms with E-state index in [0.29, 0.717) is 17.9 Å². The second-order valence-corrected chi connectivity index (χ2v) is 10.5. The minimum Gasteiger partial charge on any atom is -0.497 e. The van der Waals surface area contributed by atoms with Crippen molar-refractivity contribution in [3.8, 4) is 5.75 Å². The number of nitrogens with zero attached hydrogens (tertiary/aromatic N) is 2. The fourth-order valence-corrected chi connectivity index (χ4v) is 6.10. The van der Waals surface area contributed by atoms with Gasteiger partial charge in [0.2, 0.25) is 0 Å². The van der Waals surface area contributed by atoms with Crippen LogP contribution in [0.25, 0.3) is 0 Å². The molecule has 1 aliphatic heterocycles. The van der Waals surface area contributed by atoms with E-state index in [0.717, 1.165) is 61.9 Å². The van der Waals surface area contributed by atoms with Crippen LogP contribution >= 0.6 is 0 Å². The van der Waals surface area contributed by atoms with E-state index < -0.39 is 0 Å². The number of aryl methyl sites for hydroxylation is 1. The van der Waals surface area contributed by atoms with Gasteiger partial charge in [-0.2, -0.15) is 0 Å². The summed E-state index contributed by atoms with van der Waals surface area (Å²) in [4.78, 5) is 18.5. The fraction of sp³-hybridized carbons (Fsp3) is 0.452. The molecular weight excluding hydrogens is 448 g/mol. The first-order chi connectivity index (χ1) is 17.6. The van der Waals surface area contributed by atoms with Crippen molar-refractivity contribution in [1.29, 1.82) is 0 Å². The molecule has 2 heterocycles. The first-order valence-electron chi connectivity index (χ1n) is 13.4. The van der Waals surface area contributed by atoms with Crippen molar-refractivity contribution in [1.82, 2.24) is 9.80 Å². The molecule has 2 aromatic carbocycles. The van der Waals surface area contributed by atoms with Gasteiger partial charge in [0.1, 0.15) is 17.3 Å². The molecule has 0 bridgehead atoms. The predicted molar refractivity (Wildman–Crippen MR) is 142 cm³/mol. The second-order valence-electron chi connectivity index (χ2n) is 10.5. The number of methoxy groups -OCH3 is 1. The lowest BCUT2D eigenvalue weighted by atomic mass is 9.86. The second kappa shape index (κ2) is 11.3. The van der Waals surface area contributed by atoms with Crippen molar-refractivity contribution in [2.75, 3.05) is 26.7 Å². The SMILES string of the molecule is COc1cccc([C@@H]2CN(Cc3ccc(C)o3)C[C@@H]2CN(C(=O)c2ccccc2)C2CCCCC2)c1. The van der Waals surface area contributed by atoms with Crippen LogP contribution in [0.5, 0.6) is 5.75 Å². The van der Waals surface area contributed by atoms with E-state index in [-0.39, 0.29) is 5.91 Å². The standard InChI is InChI=1S/C31H38N2O3/c1-23-16-17-29(36-23)21-32-19-26(30(22-32)25-12-9-15-28(18-25)35-2)20-33(27-13-7-4-8-14-27)31(34)24-10-5-3-6-11-24/h3,5-6,9-12,15-18,26-27,30H,4,7-8,13-14,19-22H2,1-2H3/t26-,30+/m1/s1. The highest BCUT2D eigenvalue weighted by atomic mass is 16.5. The third-order valence-electron chi connectivity index (χ3n) is 7.94. The molecule has 36 heavy (non-hydrogen) atoms. The zero-order valence-electron chi connectivity index (χ0n) is 21.6. The number of hydrogen-bond acceptors (Lipinski definition) is 4. The molecule has 0 radical (unpaired) electrons. The maximum absolute atomic E-state index is 13.8. The van der Waals surface area contributed by atoms with Crippen LogP contribution in [-0.4, -0.2) is 48.5 Å². The molecule has 2 atom stereocenters. The summed E-state index contributed by atoms with van der Waals surface area (Å²) < 4.78 is 11.5. The number of amides is 1. The smallest absolute Gasteiger partial charge is 0.254 e. The van der Waals surface area contributed by atoms with E-state index in [9.17, 15) is 4.79 Å². The number of carbonyl (C=O) groups excluding carboxylic acids is 1. The topological polar surface area (TPSA) is 45.9 Å². The number of benzene rings is 2. The third-order valence-corrected chi connectivity index (χ3v) is 7.94. The molecule has 5 rings (SSSR count). The summed E-state index contributed by atoms with van der Waals surface area (Å²) >= 11 is 0. The Morgan fingerprint density at radius 2 is 1.81 bits per heavy atom. The van der Waals surface area contributed by atoms with Crippen LogP contribution < -0.4 is 4.74 Å². The maximum atomic E-state index is 13.8. The molecule has 2 fully saturated rings. The van der Waals surface area contributed by atoms with Crippen molar-refractivity contribution >= 4 is 5.91 Å². The monoisotopic (exact) mass is 486 g/mol. The molecule has 1 amide bonds. The normalized spacial score (nSPS) is 20.9. The van der Waals surface area contributed by atoms with Gasteiger partial charge < -0.3 is 14.1 Å². The highest BCUT2D eigenvalue weighted by molar-refractivity contribution is 5.94. The summed E-state index contributed by atoms with van der Waals surface area (Å²) in [6, 6.07) is 22.7. The lowest BCUT2D eigenvalue weighted by molar-refractivity contribution is 0.0587. The number of rotatable bonds is 8. The van der Waals surface area contributed by atoms with Gasteiger partial charge in [0.05, 0.1) is 13.7 Å². The summed E-state index contributed by atoms with van der Waals surface area (Å²) in [5, 5.41) is 0. The van der Waals surface area contributed by atoms with Gasteiger partial charge in [0.15, 0.2) is 0 Å². The van der Waals surface area contributed by atoms with Crippen LogP contribution in [-0.2, 0) is 6.54 Å². The molecule has 0 spiro atoms. The van der Waals surface area contributed by atoms with Gasteiger partial charge in [-0.1, -0.05) is 49.6 Å². The highest BCUT2D eigenvalue weighted by Gasteiger charge is 2.38. The molecule has 2 aliphatic rings. The third kappa shape index (κ3) is 5.67. The molecule has 190 valence electrons. The van der Waals surface area contributed by atoms with Crippen LogP contribution in [0.3, 0.4) is 0 Å². The van der Waals surface area contributed by atoms with Crippen molar-refractivity contribution in [2.45, 2.75) is 57.5 Å². The molecule has 1 aromatic heterocycles. The van der Waals surface area contributed by atoms with Crippen molar-refractivity contribution in [3.05, 3.63) is 89.4 Å². The zero-order valence-corrected chi connectivity index (χ0v) is 21.6. The molecular formula is C31H38N2O3. The number of likely N-dealkylation sites (tertiary alicyclic amines) is 1. The van der Waals surface area contributed by atoms with Gasteiger partial charge in [-0.15, -0.1) is 0 Å². The number of carbonyl (C=O) groups is 1. The molecule has 3 aromatic rings. The molecule has 1 saturated heterocycles. The number of ether oxygens (including phenoxy) is 1. The molecule has 1 aliphatic carbocycles. The van der Waals surface area contributed by atoms with Crippen LogP contribution in [0.1, 0.15) is 65.5 Å². The van der Waals surface area contributed by atoms with E-state index in [4.69, 9.17) is 9.15 Å². The van der Waals surface area contributed by atoms with Gasteiger partial charge in [-0.3, -0.25) is 9.69 Å². The van der Waals surface area contributed by atoms with E-state index in [1.165, 1.54) is 24.8 Å². The first kappa shape index (κ1) is 24.6. The van der Waals surface area contributed by atoms with Crippen LogP contribution in [0.2, 0.25) is 0 Å². The predicted octanol–water partition coefficient (Wildman–Crippen LogP) is 6.29. The lowest BCUT2D eigenvalue weighted by Crippen LogP contribution is -2.45. The largest absolute Gasteiger partial charge is 0.497 e. The van der Waals surface area contributed by atoms with Gasteiger partial charge >= 0.3 is 0 Å². The molecule has 0 unspecified atom stereocenters. The van der Waals surface area contributed by atoms with Gasteiger partial charge in [-0.05, 0) is 67.6 Å². The summed E-state index contributed by atoms with van der Waals surface area (Å²) in [6.07, 6.45) is 5.89. The van der Waals surface area contributed by atoms with Crippen LogP contribution in [0, 0.1) is 12.8 Å². The Balaban J connectivity index is 1.42. The maximum Gasteiger partial charge on any atom is 0.254 e. The highest BCUT2D eigenvalue weighted by Crippen LogP contribution is 2.37. The Hall–Kier alpha value is -3.05. The first-order valence-corrected chi connectivity index (χ1v) is 13.4. The Morgan fingerprint density at radius 1 is 1.00 bits per heavy atom. The Labute approximate surface area is 215 Å². The Kier molecular flexibility index (Phi) is 7.76. The van der Waals surface area contributed by atoms with Crippen LogP contribution in [0.15, 0.2) is 71.1 Å². The van der Waals surface area contributed by atoms with E-state index in [2.05, 4.69) is 34.1 Å². The summed E-state index contributed by atoms with van der Waals surface area (Å²) in [5.74, 6) is 3.67. The van der Waals surface area contributed by atoms with Crippen molar-refractivity contribution in [3.63, 3.8) is 0 Å². The van der Waals surface area contributed by atoms with Gasteiger partial charge in [0.25, 0.3) is 5.91 Å². The van der Waals surface area contributed by atoms with E-state index in [1.54, 1.807) is 7.11 Å². The van der Waals surface area contributed by atoms with Crippen molar-refractivity contribution in [2.24, 2.45) is 5.92 Å². The minimum atomic E-state index is 0.173. The van der Waals surface area contributed by atoms with Crippen molar-refractivity contribution < 1.29 is 13.9 Å².